The zero-order chi connectivity index (χ0) is 14.6. The van der Waals surface area contributed by atoms with Crippen LogP contribution in [-0.4, -0.2) is 31.6 Å². The van der Waals surface area contributed by atoms with E-state index in [2.05, 4.69) is 9.73 Å². The molecule has 1 aromatic carbocycles. The van der Waals surface area contributed by atoms with Gasteiger partial charge in [0.15, 0.2) is 5.96 Å². The Bertz CT molecular complexity index is 481. The Morgan fingerprint density at radius 2 is 2.05 bits per heavy atom. The normalized spacial score (nSPS) is 11.8. The summed E-state index contributed by atoms with van der Waals surface area (Å²) >= 11 is 11.6. The molecule has 0 saturated carbocycles. The fourth-order valence-corrected chi connectivity index (χ4v) is 1.84. The Labute approximate surface area is 119 Å². The van der Waals surface area contributed by atoms with Crippen LogP contribution in [0.25, 0.3) is 0 Å². The smallest absolute Gasteiger partial charge is 0.387 e. The number of hydrogen-bond donors (Lipinski definition) is 1. The lowest BCUT2D eigenvalue weighted by Gasteiger charge is -2.13. The highest BCUT2D eigenvalue weighted by Gasteiger charge is 2.15. The van der Waals surface area contributed by atoms with Crippen molar-refractivity contribution in [2.45, 2.75) is 13.2 Å². The molecule has 4 nitrogen and oxygen atoms in total. The molecule has 0 aliphatic rings. The van der Waals surface area contributed by atoms with E-state index in [-0.39, 0.29) is 23.3 Å². The first-order valence-corrected chi connectivity index (χ1v) is 5.96. The number of rotatable bonds is 4. The highest BCUT2D eigenvalue weighted by atomic mass is 35.5. The number of benzene rings is 1. The van der Waals surface area contributed by atoms with Gasteiger partial charge in [-0.05, 0) is 12.1 Å². The number of nitrogens with two attached hydrogens (primary N) is 1. The monoisotopic (exact) mass is 311 g/mol. The molecule has 0 aromatic heterocycles. The molecule has 0 amide bonds. The van der Waals surface area contributed by atoms with Crippen molar-refractivity contribution in [3.63, 3.8) is 0 Å². The molecule has 106 valence electrons. The minimum absolute atomic E-state index is 0.00132. The predicted molar refractivity (Wildman–Crippen MR) is 72.1 cm³/mol. The molecule has 19 heavy (non-hydrogen) atoms. The van der Waals surface area contributed by atoms with Gasteiger partial charge in [-0.25, -0.2) is 4.99 Å². The van der Waals surface area contributed by atoms with Gasteiger partial charge in [0.2, 0.25) is 0 Å². The van der Waals surface area contributed by atoms with Crippen LogP contribution >= 0.6 is 23.2 Å². The lowest BCUT2D eigenvalue weighted by molar-refractivity contribution is -0.0503. The number of halogens is 4. The SMILES string of the molecule is CN(C)C(N)=NCc1cc(Cl)cc(Cl)c1OC(F)F. The summed E-state index contributed by atoms with van der Waals surface area (Å²) in [6.07, 6.45) is 0. The minimum Gasteiger partial charge on any atom is -0.433 e. The van der Waals surface area contributed by atoms with Gasteiger partial charge in [0.05, 0.1) is 11.6 Å². The molecule has 0 saturated heterocycles. The van der Waals surface area contributed by atoms with Crippen LogP contribution in [0.5, 0.6) is 5.75 Å². The van der Waals surface area contributed by atoms with Gasteiger partial charge in [-0.3, -0.25) is 0 Å². The molecule has 2 N–H and O–H groups in total. The maximum atomic E-state index is 12.3. The molecule has 0 bridgehead atoms. The van der Waals surface area contributed by atoms with Gasteiger partial charge in [0, 0.05) is 24.7 Å². The lowest BCUT2D eigenvalue weighted by Crippen LogP contribution is -2.30. The third kappa shape index (κ3) is 4.72. The maximum absolute atomic E-state index is 12.3. The Morgan fingerprint density at radius 3 is 2.58 bits per heavy atom. The van der Waals surface area contributed by atoms with E-state index in [0.29, 0.717) is 10.6 Å². The second-order valence-corrected chi connectivity index (χ2v) is 4.67. The quantitative estimate of drug-likeness (QED) is 0.687. The Morgan fingerprint density at radius 1 is 1.42 bits per heavy atom. The molecular formula is C11H13Cl2F2N3O. The predicted octanol–water partition coefficient (Wildman–Crippen LogP) is 2.97. The van der Waals surface area contributed by atoms with E-state index in [1.165, 1.54) is 12.1 Å². The number of alkyl halides is 2. The molecule has 0 spiro atoms. The number of ether oxygens (including phenoxy) is 1. The van der Waals surface area contributed by atoms with Crippen molar-refractivity contribution in [2.75, 3.05) is 14.1 Å². The fourth-order valence-electron chi connectivity index (χ4n) is 1.26. The Hall–Kier alpha value is -1.27. The van der Waals surface area contributed by atoms with Crippen LogP contribution in [-0.2, 0) is 6.54 Å². The summed E-state index contributed by atoms with van der Waals surface area (Å²) < 4.78 is 29.0. The van der Waals surface area contributed by atoms with Crippen LogP contribution in [0.2, 0.25) is 10.0 Å². The number of nitrogens with zero attached hydrogens (tertiary/aromatic N) is 2. The topological polar surface area (TPSA) is 50.8 Å². The molecule has 1 aromatic rings. The molecule has 0 atom stereocenters. The van der Waals surface area contributed by atoms with E-state index in [1.54, 1.807) is 19.0 Å². The van der Waals surface area contributed by atoms with Crippen LogP contribution < -0.4 is 10.5 Å². The van der Waals surface area contributed by atoms with Gasteiger partial charge < -0.3 is 15.4 Å². The standard InChI is InChI=1S/C11H13Cl2F2N3O/c1-18(2)11(16)17-5-6-3-7(12)4-8(13)9(6)19-10(14)15/h3-4,10H,5H2,1-2H3,(H2,16,17). The third-order valence-corrected chi connectivity index (χ3v) is 2.66. The third-order valence-electron chi connectivity index (χ3n) is 2.16. The summed E-state index contributed by atoms with van der Waals surface area (Å²) in [6.45, 7) is -2.94. The average Bonchev–Trinajstić information content (AvgIpc) is 2.29. The second-order valence-electron chi connectivity index (χ2n) is 3.82. The van der Waals surface area contributed by atoms with Gasteiger partial charge in [-0.2, -0.15) is 8.78 Å². The largest absolute Gasteiger partial charge is 0.433 e. The number of guanidine groups is 1. The molecule has 0 fully saturated rings. The van der Waals surface area contributed by atoms with Crippen molar-refractivity contribution in [1.82, 2.24) is 4.90 Å². The molecular weight excluding hydrogens is 299 g/mol. The highest BCUT2D eigenvalue weighted by Crippen LogP contribution is 2.34. The first-order valence-electron chi connectivity index (χ1n) is 5.21. The van der Waals surface area contributed by atoms with Crippen LogP contribution in [0.3, 0.4) is 0 Å². The van der Waals surface area contributed by atoms with E-state index in [0.717, 1.165) is 0 Å². The van der Waals surface area contributed by atoms with Crippen molar-refractivity contribution in [1.29, 1.82) is 0 Å². The summed E-state index contributed by atoms with van der Waals surface area (Å²) in [5, 5.41) is 0.307. The van der Waals surface area contributed by atoms with Crippen molar-refractivity contribution >= 4 is 29.2 Å². The van der Waals surface area contributed by atoms with Crippen LogP contribution in [0.4, 0.5) is 8.78 Å². The summed E-state index contributed by atoms with van der Waals surface area (Å²) in [5.74, 6) is 0.107. The van der Waals surface area contributed by atoms with Crippen molar-refractivity contribution in [3.05, 3.63) is 27.7 Å². The van der Waals surface area contributed by atoms with Gasteiger partial charge in [-0.15, -0.1) is 0 Å². The lowest BCUT2D eigenvalue weighted by atomic mass is 10.2. The zero-order valence-corrected chi connectivity index (χ0v) is 11.8. The van der Waals surface area contributed by atoms with Gasteiger partial charge in [0.25, 0.3) is 0 Å². The Kier molecular flexibility index (Phi) is 5.62. The molecule has 0 aliphatic heterocycles. The summed E-state index contributed by atoms with van der Waals surface area (Å²) in [5.41, 5.74) is 5.95. The number of hydrogen-bond acceptors (Lipinski definition) is 2. The van der Waals surface area contributed by atoms with E-state index in [4.69, 9.17) is 28.9 Å². The molecule has 1 rings (SSSR count). The van der Waals surface area contributed by atoms with Crippen LogP contribution in [0.1, 0.15) is 5.56 Å². The van der Waals surface area contributed by atoms with Crippen LogP contribution in [0.15, 0.2) is 17.1 Å². The van der Waals surface area contributed by atoms with Crippen LogP contribution in [0, 0.1) is 0 Å². The maximum Gasteiger partial charge on any atom is 0.387 e. The molecule has 8 heteroatoms. The fraction of sp³-hybridized carbons (Fsp3) is 0.364. The Balaban J connectivity index is 3.07. The van der Waals surface area contributed by atoms with E-state index < -0.39 is 6.61 Å². The number of aliphatic imine (C=N–C) groups is 1. The highest BCUT2D eigenvalue weighted by molar-refractivity contribution is 6.35. The summed E-state index contributed by atoms with van der Waals surface area (Å²) in [6, 6.07) is 2.78. The van der Waals surface area contributed by atoms with Gasteiger partial charge in [-0.1, -0.05) is 23.2 Å². The van der Waals surface area contributed by atoms with E-state index >= 15 is 0 Å². The van der Waals surface area contributed by atoms with Crippen molar-refractivity contribution in [2.24, 2.45) is 10.7 Å². The van der Waals surface area contributed by atoms with Crippen molar-refractivity contribution in [3.8, 4) is 5.75 Å². The first-order chi connectivity index (χ1) is 8.81. The second kappa shape index (κ2) is 6.77. The molecule has 0 aliphatic carbocycles. The first kappa shape index (κ1) is 15.8. The van der Waals surface area contributed by atoms with Crippen molar-refractivity contribution < 1.29 is 13.5 Å². The molecule has 0 radical (unpaired) electrons. The molecule has 0 unspecified atom stereocenters. The summed E-state index contributed by atoms with van der Waals surface area (Å²) in [4.78, 5) is 5.61. The van der Waals surface area contributed by atoms with Gasteiger partial charge >= 0.3 is 6.61 Å². The average molecular weight is 312 g/mol. The van der Waals surface area contributed by atoms with E-state index in [9.17, 15) is 8.78 Å². The summed E-state index contributed by atoms with van der Waals surface area (Å²) in [7, 11) is 3.42. The minimum atomic E-state index is -2.98. The zero-order valence-electron chi connectivity index (χ0n) is 10.3. The molecule has 0 heterocycles. The van der Waals surface area contributed by atoms with E-state index in [1.807, 2.05) is 0 Å². The van der Waals surface area contributed by atoms with Gasteiger partial charge in [0.1, 0.15) is 5.75 Å².